The Hall–Kier alpha value is -2.98. The number of sulfonamides is 1. The molecule has 1 atom stereocenters. The van der Waals surface area contributed by atoms with Crippen molar-refractivity contribution in [1.82, 2.24) is 24.0 Å². The van der Waals surface area contributed by atoms with E-state index >= 15 is 0 Å². The summed E-state index contributed by atoms with van der Waals surface area (Å²) >= 11 is 0. The number of nitrogens with zero attached hydrogens (tertiary/aromatic N) is 4. The standard InChI is InChI=1S/C20H22N6O3S/c1-11(12-3-4-12)26-10-14-7-13(8-16(17(14)20(26)27)30(28,29)22-2)15-9-24-19-18(21)23-5-6-25(15)19/h5-9,11-12,22H,3-4,10H2,1-2H3,(H2,21,23)/t11-/m0/s1. The highest BCUT2D eigenvalue weighted by atomic mass is 32.2. The molecule has 2 aliphatic rings. The Morgan fingerprint density at radius 3 is 2.73 bits per heavy atom. The highest BCUT2D eigenvalue weighted by Crippen LogP contribution is 2.40. The van der Waals surface area contributed by atoms with E-state index in [1.54, 1.807) is 27.9 Å². The molecule has 9 nitrogen and oxygen atoms in total. The maximum absolute atomic E-state index is 13.2. The molecule has 1 aliphatic carbocycles. The first-order valence-electron chi connectivity index (χ1n) is 9.81. The predicted octanol–water partition coefficient (Wildman–Crippen LogP) is 1.64. The van der Waals surface area contributed by atoms with Crippen molar-refractivity contribution in [2.24, 2.45) is 5.92 Å². The van der Waals surface area contributed by atoms with E-state index in [1.165, 1.54) is 13.1 Å². The molecule has 0 radical (unpaired) electrons. The highest BCUT2D eigenvalue weighted by Gasteiger charge is 2.41. The van der Waals surface area contributed by atoms with Crippen molar-refractivity contribution in [1.29, 1.82) is 0 Å². The summed E-state index contributed by atoms with van der Waals surface area (Å²) in [6.45, 7) is 2.43. The van der Waals surface area contributed by atoms with Gasteiger partial charge in [0.2, 0.25) is 10.0 Å². The third kappa shape index (κ3) is 2.78. The van der Waals surface area contributed by atoms with Gasteiger partial charge >= 0.3 is 0 Å². The molecule has 1 saturated carbocycles. The van der Waals surface area contributed by atoms with Crippen LogP contribution in [0.2, 0.25) is 0 Å². The van der Waals surface area contributed by atoms with Gasteiger partial charge in [0.05, 0.1) is 22.3 Å². The van der Waals surface area contributed by atoms with Crippen LogP contribution in [0.25, 0.3) is 16.9 Å². The summed E-state index contributed by atoms with van der Waals surface area (Å²) in [6.07, 6.45) is 7.12. The van der Waals surface area contributed by atoms with Crippen LogP contribution in [0.15, 0.2) is 35.6 Å². The lowest BCUT2D eigenvalue weighted by Crippen LogP contribution is -2.35. The van der Waals surface area contributed by atoms with Gasteiger partial charge in [-0.05, 0) is 50.4 Å². The summed E-state index contributed by atoms with van der Waals surface area (Å²) in [5, 5.41) is 0. The van der Waals surface area contributed by atoms with Gasteiger partial charge in [-0.15, -0.1) is 0 Å². The van der Waals surface area contributed by atoms with E-state index in [0.29, 0.717) is 34.9 Å². The molecule has 1 aromatic carbocycles. The molecule has 0 spiro atoms. The number of imidazole rings is 1. The minimum Gasteiger partial charge on any atom is -0.381 e. The SMILES string of the molecule is CNS(=O)(=O)c1cc(-c2cnc3c(N)nccn23)cc2c1C(=O)N([C@@H](C)C1CC1)C2. The minimum absolute atomic E-state index is 0.00928. The molecular weight excluding hydrogens is 404 g/mol. The van der Waals surface area contributed by atoms with Gasteiger partial charge in [-0.25, -0.2) is 23.1 Å². The number of rotatable bonds is 5. The van der Waals surface area contributed by atoms with Gasteiger partial charge in [-0.1, -0.05) is 0 Å². The van der Waals surface area contributed by atoms with Gasteiger partial charge in [-0.2, -0.15) is 0 Å². The van der Waals surface area contributed by atoms with Crippen molar-refractivity contribution < 1.29 is 13.2 Å². The van der Waals surface area contributed by atoms with Crippen molar-refractivity contribution in [3.8, 4) is 11.3 Å². The van der Waals surface area contributed by atoms with Crippen LogP contribution in [0.5, 0.6) is 0 Å². The Balaban J connectivity index is 1.70. The molecule has 156 valence electrons. The number of aromatic nitrogens is 3. The third-order valence-electron chi connectivity index (χ3n) is 6.10. The van der Waals surface area contributed by atoms with Gasteiger partial charge in [-0.3, -0.25) is 9.20 Å². The molecule has 3 N–H and O–H groups in total. The number of anilines is 1. The van der Waals surface area contributed by atoms with Crippen LogP contribution in [0.1, 0.15) is 35.7 Å². The second kappa shape index (κ2) is 6.51. The normalized spacial score (nSPS) is 17.5. The minimum atomic E-state index is -3.85. The zero-order chi connectivity index (χ0) is 21.2. The maximum atomic E-state index is 13.2. The Kier molecular flexibility index (Phi) is 4.13. The summed E-state index contributed by atoms with van der Waals surface area (Å²) in [7, 11) is -2.50. The second-order valence-electron chi connectivity index (χ2n) is 7.88. The lowest BCUT2D eigenvalue weighted by atomic mass is 10.0. The van der Waals surface area contributed by atoms with Crippen molar-refractivity contribution in [3.63, 3.8) is 0 Å². The van der Waals surface area contributed by atoms with Gasteiger partial charge in [0.25, 0.3) is 5.91 Å². The Bertz CT molecular complexity index is 1300. The van der Waals surface area contributed by atoms with Crippen LogP contribution >= 0.6 is 0 Å². The molecule has 2 aromatic heterocycles. The molecular formula is C20H22N6O3S. The van der Waals surface area contributed by atoms with E-state index in [-0.39, 0.29) is 28.2 Å². The van der Waals surface area contributed by atoms with Crippen molar-refractivity contribution in [2.45, 2.75) is 37.2 Å². The van der Waals surface area contributed by atoms with Crippen LogP contribution in [-0.2, 0) is 16.6 Å². The van der Waals surface area contributed by atoms with Crippen LogP contribution in [-0.4, -0.2) is 46.7 Å². The molecule has 1 amide bonds. The molecule has 5 rings (SSSR count). The monoisotopic (exact) mass is 426 g/mol. The van der Waals surface area contributed by atoms with Gasteiger partial charge < -0.3 is 10.6 Å². The number of fused-ring (bicyclic) bond motifs is 2. The average molecular weight is 427 g/mol. The summed E-state index contributed by atoms with van der Waals surface area (Å²) in [6, 6.07) is 3.50. The number of nitrogen functional groups attached to an aromatic ring is 1. The lowest BCUT2D eigenvalue weighted by molar-refractivity contribution is 0.0694. The second-order valence-corrected chi connectivity index (χ2v) is 9.73. The van der Waals surface area contributed by atoms with E-state index in [1.807, 2.05) is 13.0 Å². The smallest absolute Gasteiger partial charge is 0.256 e. The van der Waals surface area contributed by atoms with Crippen molar-refractivity contribution in [3.05, 3.63) is 41.9 Å². The first-order valence-corrected chi connectivity index (χ1v) is 11.3. The number of hydrogen-bond donors (Lipinski definition) is 2. The van der Waals surface area contributed by atoms with E-state index in [0.717, 1.165) is 12.8 Å². The topological polar surface area (TPSA) is 123 Å². The molecule has 0 unspecified atom stereocenters. The molecule has 1 fully saturated rings. The van der Waals surface area contributed by atoms with Crippen LogP contribution in [0, 0.1) is 5.92 Å². The molecule has 10 heteroatoms. The van der Waals surface area contributed by atoms with Crippen LogP contribution < -0.4 is 10.5 Å². The maximum Gasteiger partial charge on any atom is 0.256 e. The Labute approximate surface area is 174 Å². The molecule has 3 aromatic rings. The summed E-state index contributed by atoms with van der Waals surface area (Å²) < 4.78 is 29.8. The van der Waals surface area contributed by atoms with Gasteiger partial charge in [0, 0.05) is 30.5 Å². The molecule has 1 aliphatic heterocycles. The predicted molar refractivity (Wildman–Crippen MR) is 111 cm³/mol. The fourth-order valence-electron chi connectivity index (χ4n) is 4.22. The largest absolute Gasteiger partial charge is 0.381 e. The molecule has 0 bridgehead atoms. The van der Waals surface area contributed by atoms with Crippen molar-refractivity contribution in [2.75, 3.05) is 12.8 Å². The van der Waals surface area contributed by atoms with Gasteiger partial charge in [0.15, 0.2) is 11.5 Å². The third-order valence-corrected chi connectivity index (χ3v) is 7.54. The fourth-order valence-corrected chi connectivity index (χ4v) is 5.21. The van der Waals surface area contributed by atoms with E-state index in [2.05, 4.69) is 14.7 Å². The number of nitrogens with one attached hydrogen (secondary N) is 1. The van der Waals surface area contributed by atoms with Crippen molar-refractivity contribution >= 4 is 27.4 Å². The quantitative estimate of drug-likeness (QED) is 0.639. The highest BCUT2D eigenvalue weighted by molar-refractivity contribution is 7.89. The zero-order valence-corrected chi connectivity index (χ0v) is 17.5. The Morgan fingerprint density at radius 2 is 2.03 bits per heavy atom. The average Bonchev–Trinajstić information content (AvgIpc) is 3.40. The number of carbonyl (C=O) groups excluding carboxylic acids is 1. The lowest BCUT2D eigenvalue weighted by Gasteiger charge is -2.24. The molecule has 30 heavy (non-hydrogen) atoms. The fraction of sp³-hybridized carbons (Fsp3) is 0.350. The first kappa shape index (κ1) is 19.0. The molecule has 0 saturated heterocycles. The summed E-state index contributed by atoms with van der Waals surface area (Å²) in [5.41, 5.74) is 8.69. The number of benzene rings is 1. The summed E-state index contributed by atoms with van der Waals surface area (Å²) in [5.74, 6) is 0.547. The first-order chi connectivity index (χ1) is 14.3. The number of amides is 1. The number of hydrogen-bond acceptors (Lipinski definition) is 6. The van der Waals surface area contributed by atoms with Crippen LogP contribution in [0.3, 0.4) is 0 Å². The van der Waals surface area contributed by atoms with E-state index in [9.17, 15) is 13.2 Å². The van der Waals surface area contributed by atoms with E-state index < -0.39 is 10.0 Å². The number of nitrogens with two attached hydrogens (primary N) is 1. The zero-order valence-electron chi connectivity index (χ0n) is 16.7. The van der Waals surface area contributed by atoms with E-state index in [4.69, 9.17) is 5.73 Å². The Morgan fingerprint density at radius 1 is 1.27 bits per heavy atom. The van der Waals surface area contributed by atoms with Gasteiger partial charge in [0.1, 0.15) is 0 Å². The van der Waals surface area contributed by atoms with Crippen LogP contribution in [0.4, 0.5) is 5.82 Å². The number of carbonyl (C=O) groups is 1. The molecule has 3 heterocycles. The summed E-state index contributed by atoms with van der Waals surface area (Å²) in [4.78, 5) is 23.3.